The number of phenolic OH excluding ortho intramolecular Hbond substituents is 1. The van der Waals surface area contributed by atoms with Crippen molar-refractivity contribution in [3.05, 3.63) is 28.2 Å². The monoisotopic (exact) mass is 298 g/mol. The molecule has 92 valence electrons. The number of rotatable bonds is 4. The van der Waals surface area contributed by atoms with Crippen LogP contribution in [0.4, 0.5) is 0 Å². The molecule has 0 aromatic heterocycles. The Balaban J connectivity index is 2.05. The zero-order chi connectivity index (χ0) is 12.4. The molecule has 1 aromatic carbocycles. The van der Waals surface area contributed by atoms with Crippen LogP contribution in [0, 0.1) is 5.92 Å². The van der Waals surface area contributed by atoms with Crippen LogP contribution in [0.3, 0.4) is 0 Å². The largest absolute Gasteiger partial charge is 0.507 e. The van der Waals surface area contributed by atoms with E-state index in [0.717, 1.165) is 12.8 Å². The van der Waals surface area contributed by atoms with Gasteiger partial charge in [0.25, 0.3) is 5.91 Å². The number of nitrogens with one attached hydrogen (secondary N) is 1. The summed E-state index contributed by atoms with van der Waals surface area (Å²) in [5, 5.41) is 12.4. The normalized spacial score (nSPS) is 16.6. The van der Waals surface area contributed by atoms with E-state index in [4.69, 9.17) is 5.73 Å². The lowest BCUT2D eigenvalue weighted by atomic mass is 10.1. The Morgan fingerprint density at radius 3 is 2.82 bits per heavy atom. The highest BCUT2D eigenvalue weighted by Crippen LogP contribution is 2.32. The highest BCUT2D eigenvalue weighted by atomic mass is 79.9. The van der Waals surface area contributed by atoms with Gasteiger partial charge in [0.2, 0.25) is 0 Å². The second kappa shape index (κ2) is 5.06. The molecule has 1 atom stereocenters. The molecule has 1 aliphatic carbocycles. The third kappa shape index (κ3) is 2.98. The number of aromatic hydroxyl groups is 1. The summed E-state index contributed by atoms with van der Waals surface area (Å²) in [5.74, 6) is 0.400. The molecule has 0 heterocycles. The van der Waals surface area contributed by atoms with E-state index in [2.05, 4.69) is 21.2 Å². The first-order valence-electron chi connectivity index (χ1n) is 5.61. The Morgan fingerprint density at radius 2 is 2.29 bits per heavy atom. The number of carbonyl (C=O) groups is 1. The molecule has 1 aromatic rings. The van der Waals surface area contributed by atoms with E-state index in [1.807, 2.05) is 0 Å². The van der Waals surface area contributed by atoms with E-state index in [9.17, 15) is 9.90 Å². The van der Waals surface area contributed by atoms with Crippen molar-refractivity contribution >= 4 is 21.8 Å². The van der Waals surface area contributed by atoms with Gasteiger partial charge in [-0.25, -0.2) is 0 Å². The number of nitrogens with two attached hydrogens (primary N) is 1. The fourth-order valence-corrected chi connectivity index (χ4v) is 2.02. The molecular weight excluding hydrogens is 284 g/mol. The number of phenols is 1. The van der Waals surface area contributed by atoms with Gasteiger partial charge >= 0.3 is 0 Å². The molecule has 5 heteroatoms. The first-order valence-corrected chi connectivity index (χ1v) is 6.40. The van der Waals surface area contributed by atoms with Crippen LogP contribution in [0.5, 0.6) is 5.75 Å². The number of carbonyl (C=O) groups excluding carboxylic acids is 1. The number of benzene rings is 1. The first kappa shape index (κ1) is 12.4. The second-order valence-corrected chi connectivity index (χ2v) is 5.17. The van der Waals surface area contributed by atoms with E-state index in [1.54, 1.807) is 12.1 Å². The summed E-state index contributed by atoms with van der Waals surface area (Å²) >= 11 is 3.17. The molecule has 1 saturated carbocycles. The lowest BCUT2D eigenvalue weighted by Gasteiger charge is -2.16. The minimum Gasteiger partial charge on any atom is -0.507 e. The molecule has 1 fully saturated rings. The zero-order valence-electron chi connectivity index (χ0n) is 9.32. The lowest BCUT2D eigenvalue weighted by molar-refractivity contribution is 0.0933. The van der Waals surface area contributed by atoms with Gasteiger partial charge in [-0.2, -0.15) is 0 Å². The van der Waals surface area contributed by atoms with Gasteiger partial charge in [-0.3, -0.25) is 4.79 Å². The lowest BCUT2D eigenvalue weighted by Crippen LogP contribution is -2.41. The highest BCUT2D eigenvalue weighted by Gasteiger charge is 2.31. The van der Waals surface area contributed by atoms with Gasteiger partial charge in [-0.05, 0) is 52.9 Å². The summed E-state index contributed by atoms with van der Waals surface area (Å²) < 4.78 is 0.576. The molecule has 0 saturated heterocycles. The predicted octanol–water partition coefficient (Wildman–Crippen LogP) is 1.62. The highest BCUT2D eigenvalue weighted by molar-refractivity contribution is 9.10. The van der Waals surface area contributed by atoms with Crippen molar-refractivity contribution in [1.29, 1.82) is 0 Å². The topological polar surface area (TPSA) is 75.3 Å². The van der Waals surface area contributed by atoms with E-state index < -0.39 is 0 Å². The fourth-order valence-electron chi connectivity index (χ4n) is 1.77. The minimum atomic E-state index is -0.185. The molecule has 0 bridgehead atoms. The Kier molecular flexibility index (Phi) is 3.69. The van der Waals surface area contributed by atoms with Crippen molar-refractivity contribution < 1.29 is 9.90 Å². The summed E-state index contributed by atoms with van der Waals surface area (Å²) in [6.45, 7) is 0.457. The average Bonchev–Trinajstić information content (AvgIpc) is 3.13. The van der Waals surface area contributed by atoms with Crippen molar-refractivity contribution in [3.8, 4) is 5.75 Å². The minimum absolute atomic E-state index is 0.0493. The molecule has 1 unspecified atom stereocenters. The Bertz CT molecular complexity index is 433. The molecular formula is C12H15BrN2O2. The standard InChI is InChI=1S/C12H15BrN2O2/c13-9-4-3-8(5-11(9)16)12(17)15-10(6-14)7-1-2-7/h3-5,7,10,16H,1-2,6,14H2,(H,15,17). The maximum absolute atomic E-state index is 11.9. The molecule has 0 radical (unpaired) electrons. The number of hydrogen-bond donors (Lipinski definition) is 3. The first-order chi connectivity index (χ1) is 8.11. The Morgan fingerprint density at radius 1 is 1.59 bits per heavy atom. The van der Waals surface area contributed by atoms with Gasteiger partial charge in [0.1, 0.15) is 5.75 Å². The second-order valence-electron chi connectivity index (χ2n) is 4.32. The Labute approximate surface area is 108 Å². The summed E-state index contributed by atoms with van der Waals surface area (Å²) in [7, 11) is 0. The van der Waals surface area contributed by atoms with Crippen LogP contribution in [0.15, 0.2) is 22.7 Å². The van der Waals surface area contributed by atoms with Gasteiger partial charge in [-0.15, -0.1) is 0 Å². The van der Waals surface area contributed by atoms with Crippen LogP contribution in [0.25, 0.3) is 0 Å². The predicted molar refractivity (Wildman–Crippen MR) is 68.8 cm³/mol. The molecule has 0 spiro atoms. The maximum Gasteiger partial charge on any atom is 0.251 e. The number of amides is 1. The van der Waals surface area contributed by atoms with E-state index >= 15 is 0 Å². The van der Waals surface area contributed by atoms with Crippen LogP contribution in [-0.2, 0) is 0 Å². The zero-order valence-corrected chi connectivity index (χ0v) is 10.9. The van der Waals surface area contributed by atoms with Gasteiger partial charge in [0, 0.05) is 18.2 Å². The van der Waals surface area contributed by atoms with Crippen molar-refractivity contribution in [2.45, 2.75) is 18.9 Å². The van der Waals surface area contributed by atoms with E-state index in [-0.39, 0.29) is 17.7 Å². The van der Waals surface area contributed by atoms with Gasteiger partial charge in [-0.1, -0.05) is 0 Å². The molecule has 2 rings (SSSR count). The summed E-state index contributed by atoms with van der Waals surface area (Å²) in [4.78, 5) is 11.9. The van der Waals surface area contributed by atoms with Crippen molar-refractivity contribution in [3.63, 3.8) is 0 Å². The molecule has 4 N–H and O–H groups in total. The fraction of sp³-hybridized carbons (Fsp3) is 0.417. The molecule has 4 nitrogen and oxygen atoms in total. The quantitative estimate of drug-likeness (QED) is 0.791. The third-order valence-electron chi connectivity index (χ3n) is 2.97. The Hall–Kier alpha value is -1.07. The van der Waals surface area contributed by atoms with Gasteiger partial charge in [0.15, 0.2) is 0 Å². The van der Waals surface area contributed by atoms with Gasteiger partial charge in [0.05, 0.1) is 4.47 Å². The van der Waals surface area contributed by atoms with Crippen LogP contribution < -0.4 is 11.1 Å². The summed E-state index contributed by atoms with van der Waals surface area (Å²) in [6.07, 6.45) is 2.27. The molecule has 1 amide bonds. The van der Waals surface area contributed by atoms with E-state index in [0.29, 0.717) is 22.5 Å². The maximum atomic E-state index is 11.9. The number of halogens is 1. The molecule has 1 aliphatic rings. The van der Waals surface area contributed by atoms with Gasteiger partial charge < -0.3 is 16.2 Å². The SMILES string of the molecule is NCC(NC(=O)c1ccc(Br)c(O)c1)C1CC1. The summed E-state index contributed by atoms with van der Waals surface area (Å²) in [5.41, 5.74) is 6.07. The molecule has 0 aliphatic heterocycles. The van der Waals surface area contributed by atoms with Crippen molar-refractivity contribution in [2.24, 2.45) is 11.7 Å². The smallest absolute Gasteiger partial charge is 0.251 e. The van der Waals surface area contributed by atoms with Crippen LogP contribution in [0.1, 0.15) is 23.2 Å². The van der Waals surface area contributed by atoms with Crippen LogP contribution >= 0.6 is 15.9 Å². The van der Waals surface area contributed by atoms with Crippen molar-refractivity contribution in [2.75, 3.05) is 6.54 Å². The van der Waals surface area contributed by atoms with E-state index in [1.165, 1.54) is 6.07 Å². The van der Waals surface area contributed by atoms with Crippen molar-refractivity contribution in [1.82, 2.24) is 5.32 Å². The third-order valence-corrected chi connectivity index (χ3v) is 3.64. The number of hydrogen-bond acceptors (Lipinski definition) is 3. The summed E-state index contributed by atoms with van der Waals surface area (Å²) in [6, 6.07) is 4.81. The molecule has 17 heavy (non-hydrogen) atoms. The van der Waals surface area contributed by atoms with Crippen LogP contribution in [0.2, 0.25) is 0 Å². The van der Waals surface area contributed by atoms with Crippen LogP contribution in [-0.4, -0.2) is 23.6 Å². The average molecular weight is 299 g/mol.